The third kappa shape index (κ3) is 4.67. The van der Waals surface area contributed by atoms with Crippen LogP contribution in [-0.4, -0.2) is 52.2 Å². The minimum Gasteiger partial charge on any atom is -0.352 e. The lowest BCUT2D eigenvalue weighted by Gasteiger charge is -2.36. The van der Waals surface area contributed by atoms with Crippen LogP contribution in [0.2, 0.25) is 5.02 Å². The van der Waals surface area contributed by atoms with Gasteiger partial charge in [0.15, 0.2) is 5.82 Å². The Hall–Kier alpha value is -2.38. The van der Waals surface area contributed by atoms with E-state index < -0.39 is 0 Å². The average Bonchev–Trinajstić information content (AvgIpc) is 2.66. The standard InChI is InChI=1S/C19H25ClN6O/c1-19(2,3)14-4-6-15(7-5-14)23-18(24-27)26-10-8-25(9-11-26)17-16(20)12-21-13-22-17/h4-7,12-13,27H,8-11H2,1-3H3,(H,23,24). The Balaban J connectivity index is 1.68. The summed E-state index contributed by atoms with van der Waals surface area (Å²) in [4.78, 5) is 16.8. The van der Waals surface area contributed by atoms with Crippen LogP contribution in [0.15, 0.2) is 41.8 Å². The van der Waals surface area contributed by atoms with Crippen molar-refractivity contribution in [1.82, 2.24) is 20.3 Å². The second-order valence-electron chi connectivity index (χ2n) is 7.51. The van der Waals surface area contributed by atoms with Gasteiger partial charge in [0.1, 0.15) is 11.3 Å². The van der Waals surface area contributed by atoms with E-state index in [0.29, 0.717) is 24.1 Å². The molecule has 2 aromatic rings. The Kier molecular flexibility index (Phi) is 5.82. The molecule has 0 atom stereocenters. The lowest BCUT2D eigenvalue weighted by atomic mass is 9.87. The maximum Gasteiger partial charge on any atom is 0.223 e. The largest absolute Gasteiger partial charge is 0.352 e. The van der Waals surface area contributed by atoms with Gasteiger partial charge in [-0.3, -0.25) is 5.21 Å². The van der Waals surface area contributed by atoms with Crippen LogP contribution in [0.3, 0.4) is 0 Å². The molecule has 3 rings (SSSR count). The predicted molar refractivity (Wildman–Crippen MR) is 108 cm³/mol. The Bertz CT molecular complexity index is 795. The number of hydroxylamine groups is 1. The predicted octanol–water partition coefficient (Wildman–Crippen LogP) is 3.22. The van der Waals surface area contributed by atoms with E-state index in [9.17, 15) is 5.21 Å². The fraction of sp³-hybridized carbons (Fsp3) is 0.421. The number of piperazine rings is 1. The monoisotopic (exact) mass is 388 g/mol. The Morgan fingerprint density at radius 2 is 1.81 bits per heavy atom. The number of aromatic nitrogens is 2. The average molecular weight is 389 g/mol. The van der Waals surface area contributed by atoms with Gasteiger partial charge in [-0.25, -0.2) is 20.4 Å². The first-order chi connectivity index (χ1) is 12.9. The van der Waals surface area contributed by atoms with E-state index in [1.165, 1.54) is 11.9 Å². The molecule has 0 bridgehead atoms. The summed E-state index contributed by atoms with van der Waals surface area (Å²) in [5.41, 5.74) is 4.37. The summed E-state index contributed by atoms with van der Waals surface area (Å²) in [6.07, 6.45) is 3.09. The van der Waals surface area contributed by atoms with Crippen molar-refractivity contribution in [3.63, 3.8) is 0 Å². The SMILES string of the molecule is CC(C)(C)c1ccc(N=C(NO)N2CCN(c3ncncc3Cl)CC2)cc1. The van der Waals surface area contributed by atoms with E-state index in [1.807, 2.05) is 17.0 Å². The summed E-state index contributed by atoms with van der Waals surface area (Å²) in [5, 5.41) is 10.1. The van der Waals surface area contributed by atoms with Gasteiger partial charge in [-0.1, -0.05) is 44.5 Å². The zero-order chi connectivity index (χ0) is 19.4. The quantitative estimate of drug-likeness (QED) is 0.467. The molecule has 1 aliphatic heterocycles. The van der Waals surface area contributed by atoms with Crippen LogP contribution in [0.1, 0.15) is 26.3 Å². The number of rotatable bonds is 2. The molecule has 0 spiro atoms. The number of hydrogen-bond acceptors (Lipinski definition) is 5. The molecule has 1 aromatic carbocycles. The molecule has 2 N–H and O–H groups in total. The fourth-order valence-electron chi connectivity index (χ4n) is 2.99. The number of anilines is 1. The summed E-state index contributed by atoms with van der Waals surface area (Å²) in [7, 11) is 0. The second-order valence-corrected chi connectivity index (χ2v) is 7.92. The lowest BCUT2D eigenvalue weighted by Crippen LogP contribution is -2.52. The number of halogens is 1. The zero-order valence-electron chi connectivity index (χ0n) is 15.9. The minimum absolute atomic E-state index is 0.0961. The lowest BCUT2D eigenvalue weighted by molar-refractivity contribution is 0.207. The first-order valence-corrected chi connectivity index (χ1v) is 9.31. The van der Waals surface area contributed by atoms with Crippen LogP contribution >= 0.6 is 11.6 Å². The number of hydrogen-bond donors (Lipinski definition) is 2. The van der Waals surface area contributed by atoms with E-state index >= 15 is 0 Å². The van der Waals surface area contributed by atoms with Gasteiger partial charge in [-0.05, 0) is 23.1 Å². The highest BCUT2D eigenvalue weighted by molar-refractivity contribution is 6.32. The molecule has 144 valence electrons. The molecule has 1 saturated heterocycles. The van der Waals surface area contributed by atoms with Gasteiger partial charge in [0.2, 0.25) is 5.96 Å². The van der Waals surface area contributed by atoms with Crippen LogP contribution < -0.4 is 10.4 Å². The first kappa shape index (κ1) is 19.4. The number of aliphatic imine (C=N–C) groups is 1. The molecule has 0 amide bonds. The molecular formula is C19H25ClN6O. The fourth-order valence-corrected chi connectivity index (χ4v) is 3.22. The normalized spacial score (nSPS) is 15.8. The highest BCUT2D eigenvalue weighted by Gasteiger charge is 2.22. The summed E-state index contributed by atoms with van der Waals surface area (Å²) in [6.45, 7) is 9.35. The van der Waals surface area contributed by atoms with Crippen LogP contribution in [0.4, 0.5) is 11.5 Å². The highest BCUT2D eigenvalue weighted by Crippen LogP contribution is 2.25. The van der Waals surface area contributed by atoms with E-state index in [-0.39, 0.29) is 5.41 Å². The maximum absolute atomic E-state index is 9.57. The van der Waals surface area contributed by atoms with Gasteiger partial charge < -0.3 is 9.80 Å². The smallest absolute Gasteiger partial charge is 0.223 e. The third-order valence-corrected chi connectivity index (χ3v) is 4.86. The van der Waals surface area contributed by atoms with Crippen LogP contribution in [0, 0.1) is 0 Å². The summed E-state index contributed by atoms with van der Waals surface area (Å²) >= 11 is 6.18. The molecular weight excluding hydrogens is 364 g/mol. The summed E-state index contributed by atoms with van der Waals surface area (Å²) in [6, 6.07) is 8.08. The highest BCUT2D eigenvalue weighted by atomic mass is 35.5. The molecule has 2 heterocycles. The van der Waals surface area contributed by atoms with E-state index in [2.05, 4.69) is 58.2 Å². The molecule has 0 aliphatic carbocycles. The summed E-state index contributed by atoms with van der Waals surface area (Å²) in [5.74, 6) is 1.17. The topological polar surface area (TPSA) is 76.9 Å². The molecule has 1 aromatic heterocycles. The molecule has 27 heavy (non-hydrogen) atoms. The molecule has 0 unspecified atom stereocenters. The van der Waals surface area contributed by atoms with Crippen LogP contribution in [0.5, 0.6) is 0 Å². The number of guanidine groups is 1. The van der Waals surface area contributed by atoms with Gasteiger partial charge >= 0.3 is 0 Å². The number of nitrogens with one attached hydrogen (secondary N) is 1. The van der Waals surface area contributed by atoms with Crippen molar-refractivity contribution in [3.8, 4) is 0 Å². The van der Waals surface area contributed by atoms with Gasteiger partial charge in [0.25, 0.3) is 0 Å². The Labute approximate surface area is 164 Å². The van der Waals surface area contributed by atoms with Crippen molar-refractivity contribution >= 4 is 29.1 Å². The molecule has 1 fully saturated rings. The van der Waals surface area contributed by atoms with Gasteiger partial charge in [0, 0.05) is 26.2 Å². The molecule has 1 aliphatic rings. The van der Waals surface area contributed by atoms with Crippen molar-refractivity contribution in [1.29, 1.82) is 0 Å². The molecule has 8 heteroatoms. The molecule has 0 radical (unpaired) electrons. The van der Waals surface area contributed by atoms with Gasteiger partial charge in [-0.2, -0.15) is 0 Å². The van der Waals surface area contributed by atoms with Gasteiger partial charge in [-0.15, -0.1) is 0 Å². The number of nitrogens with zero attached hydrogens (tertiary/aromatic N) is 5. The Morgan fingerprint density at radius 3 is 2.37 bits per heavy atom. The van der Waals surface area contributed by atoms with E-state index in [0.717, 1.165) is 24.6 Å². The van der Waals surface area contributed by atoms with E-state index in [4.69, 9.17) is 11.6 Å². The van der Waals surface area contributed by atoms with Crippen molar-refractivity contribution in [2.75, 3.05) is 31.1 Å². The van der Waals surface area contributed by atoms with Crippen LogP contribution in [0.25, 0.3) is 0 Å². The maximum atomic E-state index is 9.57. The Morgan fingerprint density at radius 1 is 1.15 bits per heavy atom. The van der Waals surface area contributed by atoms with Crippen molar-refractivity contribution in [3.05, 3.63) is 47.4 Å². The zero-order valence-corrected chi connectivity index (χ0v) is 16.6. The second kappa shape index (κ2) is 8.10. The first-order valence-electron chi connectivity index (χ1n) is 8.93. The van der Waals surface area contributed by atoms with Crippen molar-refractivity contribution in [2.45, 2.75) is 26.2 Å². The van der Waals surface area contributed by atoms with E-state index in [1.54, 1.807) is 6.20 Å². The third-order valence-electron chi connectivity index (χ3n) is 4.60. The van der Waals surface area contributed by atoms with Crippen LogP contribution in [-0.2, 0) is 5.41 Å². The van der Waals surface area contributed by atoms with Crippen molar-refractivity contribution in [2.24, 2.45) is 4.99 Å². The van der Waals surface area contributed by atoms with Crippen molar-refractivity contribution < 1.29 is 5.21 Å². The van der Waals surface area contributed by atoms with Gasteiger partial charge in [0.05, 0.1) is 11.9 Å². The number of benzene rings is 1. The molecule has 7 nitrogen and oxygen atoms in total. The molecule has 0 saturated carbocycles. The summed E-state index contributed by atoms with van der Waals surface area (Å²) < 4.78 is 0. The minimum atomic E-state index is 0.0961.